The summed E-state index contributed by atoms with van der Waals surface area (Å²) in [5.74, 6) is -2.14. The van der Waals surface area contributed by atoms with E-state index in [-0.39, 0.29) is 11.4 Å². The summed E-state index contributed by atoms with van der Waals surface area (Å²) in [6.45, 7) is -0.0846. The summed E-state index contributed by atoms with van der Waals surface area (Å²) in [4.78, 5) is 10.6. The van der Waals surface area contributed by atoms with Gasteiger partial charge in [-0.1, -0.05) is 12.1 Å². The van der Waals surface area contributed by atoms with Gasteiger partial charge in [0.15, 0.2) is 9.84 Å². The Balaban J connectivity index is 2.69. The number of carbonyl (C=O) groups is 1. The Labute approximate surface area is 122 Å². The largest absolute Gasteiger partial charge is 0.480 e. The maximum absolute atomic E-state index is 11.6. The normalized spacial score (nSPS) is 13.8. The second-order valence-corrected chi connectivity index (χ2v) is 8.33. The molecule has 0 saturated carbocycles. The Bertz CT molecular complexity index is 710. The van der Waals surface area contributed by atoms with Crippen molar-refractivity contribution in [3.05, 3.63) is 29.8 Å². The first-order valence-corrected chi connectivity index (χ1v) is 9.30. The summed E-state index contributed by atoms with van der Waals surface area (Å²) in [5, 5.41) is 8.56. The molecule has 0 aliphatic rings. The zero-order valence-corrected chi connectivity index (χ0v) is 12.8. The molecule has 0 amide bonds. The summed E-state index contributed by atoms with van der Waals surface area (Å²) in [6, 6.07) is 4.16. The SMILES string of the molecule is CS(=O)(=O)c1ccc(CNS(=O)(=O)CC(N)C(=O)O)cc1. The number of hydrogen-bond donors (Lipinski definition) is 3. The lowest BCUT2D eigenvalue weighted by atomic mass is 10.2. The van der Waals surface area contributed by atoms with E-state index in [4.69, 9.17) is 10.8 Å². The number of aliphatic carboxylic acids is 1. The Hall–Kier alpha value is -1.49. The molecule has 0 spiro atoms. The second kappa shape index (κ2) is 6.52. The monoisotopic (exact) mass is 336 g/mol. The highest BCUT2D eigenvalue weighted by Gasteiger charge is 2.21. The van der Waals surface area contributed by atoms with Crippen molar-refractivity contribution in [2.75, 3.05) is 12.0 Å². The van der Waals surface area contributed by atoms with Crippen LogP contribution >= 0.6 is 0 Å². The molecule has 1 aromatic rings. The minimum absolute atomic E-state index is 0.0846. The fourth-order valence-corrected chi connectivity index (χ4v) is 3.16. The lowest BCUT2D eigenvalue weighted by molar-refractivity contribution is -0.137. The van der Waals surface area contributed by atoms with E-state index < -0.39 is 37.6 Å². The second-order valence-electron chi connectivity index (χ2n) is 4.46. The van der Waals surface area contributed by atoms with Gasteiger partial charge in [-0.05, 0) is 17.7 Å². The van der Waals surface area contributed by atoms with E-state index in [1.54, 1.807) is 0 Å². The van der Waals surface area contributed by atoms with Gasteiger partial charge in [-0.3, -0.25) is 4.79 Å². The molecular weight excluding hydrogens is 320 g/mol. The van der Waals surface area contributed by atoms with Crippen molar-refractivity contribution in [2.24, 2.45) is 5.73 Å². The molecule has 118 valence electrons. The molecule has 0 aromatic heterocycles. The third-order valence-corrected chi connectivity index (χ3v) is 5.07. The molecule has 0 fully saturated rings. The Morgan fingerprint density at radius 1 is 1.24 bits per heavy atom. The van der Waals surface area contributed by atoms with Crippen LogP contribution in [0.5, 0.6) is 0 Å². The van der Waals surface area contributed by atoms with E-state index in [9.17, 15) is 21.6 Å². The van der Waals surface area contributed by atoms with Crippen molar-refractivity contribution >= 4 is 25.8 Å². The number of carboxylic acid groups (broad SMARTS) is 1. The minimum atomic E-state index is -3.84. The zero-order chi connectivity index (χ0) is 16.3. The average Bonchev–Trinajstić information content (AvgIpc) is 2.35. The number of nitrogens with one attached hydrogen (secondary N) is 1. The minimum Gasteiger partial charge on any atom is -0.480 e. The van der Waals surface area contributed by atoms with Gasteiger partial charge in [-0.25, -0.2) is 21.6 Å². The summed E-state index contributed by atoms with van der Waals surface area (Å²) < 4.78 is 47.9. The van der Waals surface area contributed by atoms with Crippen molar-refractivity contribution in [1.82, 2.24) is 4.72 Å². The molecule has 10 heteroatoms. The van der Waals surface area contributed by atoms with Gasteiger partial charge in [0.25, 0.3) is 0 Å². The van der Waals surface area contributed by atoms with Gasteiger partial charge >= 0.3 is 5.97 Å². The topological polar surface area (TPSA) is 144 Å². The predicted octanol–water partition coefficient (Wildman–Crippen LogP) is -1.08. The molecule has 1 aromatic carbocycles. The van der Waals surface area contributed by atoms with Crippen LogP contribution in [0.25, 0.3) is 0 Å². The van der Waals surface area contributed by atoms with Crippen LogP contribution in [0, 0.1) is 0 Å². The molecule has 1 rings (SSSR count). The van der Waals surface area contributed by atoms with Crippen LogP contribution in [-0.2, 0) is 31.2 Å². The average molecular weight is 336 g/mol. The van der Waals surface area contributed by atoms with Crippen LogP contribution in [0.2, 0.25) is 0 Å². The van der Waals surface area contributed by atoms with Crippen LogP contribution in [0.3, 0.4) is 0 Å². The van der Waals surface area contributed by atoms with E-state index in [1.807, 2.05) is 0 Å². The van der Waals surface area contributed by atoms with Gasteiger partial charge in [0.2, 0.25) is 10.0 Å². The number of sulfone groups is 1. The number of sulfonamides is 1. The van der Waals surface area contributed by atoms with Crippen LogP contribution in [0.4, 0.5) is 0 Å². The zero-order valence-electron chi connectivity index (χ0n) is 11.2. The van der Waals surface area contributed by atoms with Crippen LogP contribution in [-0.4, -0.2) is 46.0 Å². The third kappa shape index (κ3) is 5.79. The summed E-state index contributed by atoms with van der Waals surface area (Å²) >= 11 is 0. The molecule has 0 radical (unpaired) electrons. The van der Waals surface area contributed by atoms with E-state index in [1.165, 1.54) is 24.3 Å². The summed E-state index contributed by atoms with van der Waals surface area (Å²) in [5.41, 5.74) is 5.69. The molecular formula is C11H16N2O6S2. The van der Waals surface area contributed by atoms with Gasteiger partial charge in [0.1, 0.15) is 6.04 Å². The van der Waals surface area contributed by atoms with E-state index in [2.05, 4.69) is 4.72 Å². The first kappa shape index (κ1) is 17.6. The molecule has 0 aliphatic carbocycles. The number of benzene rings is 1. The molecule has 21 heavy (non-hydrogen) atoms. The Kier molecular flexibility index (Phi) is 5.45. The maximum Gasteiger partial charge on any atom is 0.321 e. The highest BCUT2D eigenvalue weighted by atomic mass is 32.2. The number of nitrogens with two attached hydrogens (primary N) is 1. The molecule has 0 bridgehead atoms. The lowest BCUT2D eigenvalue weighted by Crippen LogP contribution is -2.41. The van der Waals surface area contributed by atoms with Crippen LogP contribution < -0.4 is 10.5 Å². The molecule has 1 unspecified atom stereocenters. The van der Waals surface area contributed by atoms with Gasteiger partial charge in [-0.15, -0.1) is 0 Å². The van der Waals surface area contributed by atoms with E-state index in [0.717, 1.165) is 6.26 Å². The van der Waals surface area contributed by atoms with Crippen LogP contribution in [0.1, 0.15) is 5.56 Å². The maximum atomic E-state index is 11.6. The molecule has 0 aliphatic heterocycles. The van der Waals surface area contributed by atoms with Crippen molar-refractivity contribution in [1.29, 1.82) is 0 Å². The standard InChI is InChI=1S/C11H16N2O6S2/c1-20(16,17)9-4-2-8(3-5-9)6-13-21(18,19)7-10(12)11(14)15/h2-5,10,13H,6-7,12H2,1H3,(H,14,15). The predicted molar refractivity (Wildman–Crippen MR) is 75.8 cm³/mol. The van der Waals surface area contributed by atoms with Gasteiger partial charge < -0.3 is 10.8 Å². The van der Waals surface area contributed by atoms with Crippen LogP contribution in [0.15, 0.2) is 29.2 Å². The van der Waals surface area contributed by atoms with Gasteiger partial charge in [0.05, 0.1) is 10.6 Å². The highest BCUT2D eigenvalue weighted by molar-refractivity contribution is 7.90. The third-order valence-electron chi connectivity index (χ3n) is 2.56. The fourth-order valence-electron chi connectivity index (χ4n) is 1.41. The quantitative estimate of drug-likeness (QED) is 0.574. The van der Waals surface area contributed by atoms with Crippen molar-refractivity contribution in [3.8, 4) is 0 Å². The van der Waals surface area contributed by atoms with E-state index >= 15 is 0 Å². The first-order chi connectivity index (χ1) is 9.51. The smallest absolute Gasteiger partial charge is 0.321 e. The first-order valence-electron chi connectivity index (χ1n) is 5.76. The fraction of sp³-hybridized carbons (Fsp3) is 0.364. The number of rotatable bonds is 7. The highest BCUT2D eigenvalue weighted by Crippen LogP contribution is 2.10. The molecule has 4 N–H and O–H groups in total. The molecule has 0 heterocycles. The van der Waals surface area contributed by atoms with Gasteiger partial charge in [-0.2, -0.15) is 0 Å². The lowest BCUT2D eigenvalue weighted by Gasteiger charge is -2.09. The Morgan fingerprint density at radius 2 is 1.76 bits per heavy atom. The molecule has 0 saturated heterocycles. The molecule has 1 atom stereocenters. The van der Waals surface area contributed by atoms with Crippen molar-refractivity contribution in [3.63, 3.8) is 0 Å². The van der Waals surface area contributed by atoms with Crippen molar-refractivity contribution in [2.45, 2.75) is 17.5 Å². The Morgan fingerprint density at radius 3 is 2.19 bits per heavy atom. The molecule has 8 nitrogen and oxygen atoms in total. The summed E-state index contributed by atoms with van der Waals surface area (Å²) in [6.07, 6.45) is 1.07. The number of hydrogen-bond acceptors (Lipinski definition) is 6. The van der Waals surface area contributed by atoms with E-state index in [0.29, 0.717) is 5.56 Å². The van der Waals surface area contributed by atoms with Crippen molar-refractivity contribution < 1.29 is 26.7 Å². The number of carboxylic acids is 1. The van der Waals surface area contributed by atoms with Gasteiger partial charge in [0, 0.05) is 12.8 Å². The summed E-state index contributed by atoms with van der Waals surface area (Å²) in [7, 11) is -7.15.